The smallest absolute Gasteiger partial charge is 0.322 e. The lowest BCUT2D eigenvalue weighted by atomic mass is 10.1. The molecule has 1 aromatic carbocycles. The maximum absolute atomic E-state index is 12.7. The lowest BCUT2D eigenvalue weighted by molar-refractivity contribution is 0.205. The van der Waals surface area contributed by atoms with Crippen molar-refractivity contribution in [1.82, 2.24) is 9.88 Å². The molecule has 2 amide bonds. The van der Waals surface area contributed by atoms with Crippen LogP contribution in [0.4, 0.5) is 10.5 Å². The number of carbonyl (C=O) groups is 1. The highest BCUT2D eigenvalue weighted by Gasteiger charge is 2.33. The van der Waals surface area contributed by atoms with Gasteiger partial charge in [0.05, 0.1) is 18.8 Å². The first-order valence-electron chi connectivity index (χ1n) is 8.02. The normalized spacial score (nSPS) is 16.3. The highest BCUT2D eigenvalue weighted by atomic mass is 32.1. The maximum Gasteiger partial charge on any atom is 0.322 e. The molecule has 0 atom stereocenters. The molecule has 120 valence electrons. The van der Waals surface area contributed by atoms with Gasteiger partial charge in [0.25, 0.3) is 0 Å². The van der Waals surface area contributed by atoms with Gasteiger partial charge in [-0.25, -0.2) is 9.78 Å². The average molecular weight is 329 g/mol. The minimum Gasteiger partial charge on any atom is -0.491 e. The van der Waals surface area contributed by atoms with E-state index < -0.39 is 0 Å². The fraction of sp³-hybridized carbons (Fsp3) is 0.412. The number of urea groups is 1. The molecule has 6 heteroatoms. The molecule has 2 aliphatic rings. The number of anilines is 1. The van der Waals surface area contributed by atoms with Gasteiger partial charge >= 0.3 is 6.03 Å². The van der Waals surface area contributed by atoms with Gasteiger partial charge in [0.15, 0.2) is 0 Å². The Morgan fingerprint density at radius 1 is 1.43 bits per heavy atom. The number of carbonyl (C=O) groups excluding carboxylic acids is 1. The third-order valence-electron chi connectivity index (χ3n) is 4.21. The first kappa shape index (κ1) is 14.5. The monoisotopic (exact) mass is 329 g/mol. The zero-order chi connectivity index (χ0) is 15.6. The standard InChI is InChI=1S/C17H19N3O2S/c21-17(20(13-6-7-13)11-15-18-8-10-23-15)19-14-5-1-3-12-4-2-9-22-16(12)14/h1,3,5,8,10,13H,2,4,6-7,9,11H2,(H,19,21). The van der Waals surface area contributed by atoms with E-state index in [1.807, 2.05) is 22.4 Å². The van der Waals surface area contributed by atoms with Crippen LogP contribution in [0.2, 0.25) is 0 Å². The van der Waals surface area contributed by atoms with Crippen molar-refractivity contribution in [1.29, 1.82) is 0 Å². The summed E-state index contributed by atoms with van der Waals surface area (Å²) in [4.78, 5) is 18.9. The van der Waals surface area contributed by atoms with Crippen LogP contribution in [0.1, 0.15) is 29.8 Å². The molecule has 0 spiro atoms. The Kier molecular flexibility index (Phi) is 3.91. The predicted octanol–water partition coefficient (Wildman–Crippen LogP) is 3.66. The van der Waals surface area contributed by atoms with Crippen molar-refractivity contribution in [2.24, 2.45) is 0 Å². The number of ether oxygens (including phenoxy) is 1. The second-order valence-corrected chi connectivity index (χ2v) is 6.94. The third kappa shape index (κ3) is 3.17. The Labute approximate surface area is 139 Å². The number of nitrogens with zero attached hydrogens (tertiary/aromatic N) is 2. The Hall–Kier alpha value is -2.08. The van der Waals surface area contributed by atoms with Gasteiger partial charge < -0.3 is 15.0 Å². The Morgan fingerprint density at radius 2 is 2.35 bits per heavy atom. The van der Waals surface area contributed by atoms with Crippen molar-refractivity contribution in [2.45, 2.75) is 38.3 Å². The number of hydrogen-bond acceptors (Lipinski definition) is 4. The number of thiazole rings is 1. The third-order valence-corrected chi connectivity index (χ3v) is 4.98. The van der Waals surface area contributed by atoms with Crippen LogP contribution in [-0.4, -0.2) is 28.6 Å². The minimum absolute atomic E-state index is 0.0646. The minimum atomic E-state index is -0.0646. The van der Waals surface area contributed by atoms with Gasteiger partial charge in [-0.2, -0.15) is 0 Å². The van der Waals surface area contributed by atoms with Gasteiger partial charge in [0, 0.05) is 17.6 Å². The van der Waals surface area contributed by atoms with Crippen molar-refractivity contribution < 1.29 is 9.53 Å². The number of para-hydroxylation sites is 1. The molecule has 5 nitrogen and oxygen atoms in total. The SMILES string of the molecule is O=C(Nc1cccc2c1OCCC2)N(Cc1nccs1)C1CC1. The second-order valence-electron chi connectivity index (χ2n) is 5.96. The first-order chi connectivity index (χ1) is 11.3. The van der Waals surface area contributed by atoms with Gasteiger partial charge in [-0.3, -0.25) is 0 Å². The summed E-state index contributed by atoms with van der Waals surface area (Å²) in [6, 6.07) is 6.23. The van der Waals surface area contributed by atoms with E-state index in [1.54, 1.807) is 17.5 Å². The average Bonchev–Trinajstić information content (AvgIpc) is 3.29. The van der Waals surface area contributed by atoms with Crippen molar-refractivity contribution in [3.05, 3.63) is 40.3 Å². The number of amides is 2. The van der Waals surface area contributed by atoms with Crippen molar-refractivity contribution >= 4 is 23.1 Å². The largest absolute Gasteiger partial charge is 0.491 e. The van der Waals surface area contributed by atoms with Crippen LogP contribution < -0.4 is 10.1 Å². The highest BCUT2D eigenvalue weighted by molar-refractivity contribution is 7.09. The zero-order valence-electron chi connectivity index (χ0n) is 12.8. The first-order valence-corrected chi connectivity index (χ1v) is 8.90. The highest BCUT2D eigenvalue weighted by Crippen LogP contribution is 2.34. The summed E-state index contributed by atoms with van der Waals surface area (Å²) < 4.78 is 5.77. The van der Waals surface area contributed by atoms with Gasteiger partial charge in [0.2, 0.25) is 0 Å². The zero-order valence-corrected chi connectivity index (χ0v) is 13.6. The van der Waals surface area contributed by atoms with E-state index in [0.717, 1.165) is 42.1 Å². The molecule has 0 unspecified atom stereocenters. The molecular formula is C17H19N3O2S. The fourth-order valence-electron chi connectivity index (χ4n) is 2.90. The number of hydrogen-bond donors (Lipinski definition) is 1. The molecule has 1 aliphatic carbocycles. The topological polar surface area (TPSA) is 54.5 Å². The number of rotatable bonds is 4. The van der Waals surface area contributed by atoms with Crippen LogP contribution in [0.15, 0.2) is 29.8 Å². The molecule has 0 radical (unpaired) electrons. The Balaban J connectivity index is 1.52. The molecule has 1 saturated carbocycles. The van der Waals surface area contributed by atoms with E-state index in [2.05, 4.69) is 16.4 Å². The summed E-state index contributed by atoms with van der Waals surface area (Å²) >= 11 is 1.59. The van der Waals surface area contributed by atoms with Gasteiger partial charge in [-0.15, -0.1) is 11.3 Å². The Morgan fingerprint density at radius 3 is 3.13 bits per heavy atom. The lowest BCUT2D eigenvalue weighted by Gasteiger charge is -2.24. The summed E-state index contributed by atoms with van der Waals surface area (Å²) in [7, 11) is 0. The molecular weight excluding hydrogens is 310 g/mol. The number of nitrogens with one attached hydrogen (secondary N) is 1. The predicted molar refractivity (Wildman–Crippen MR) is 90.0 cm³/mol. The summed E-state index contributed by atoms with van der Waals surface area (Å²) in [6.45, 7) is 1.29. The molecule has 1 N–H and O–H groups in total. The van der Waals surface area contributed by atoms with Crippen molar-refractivity contribution in [3.8, 4) is 5.75 Å². The van der Waals surface area contributed by atoms with Crippen LogP contribution in [-0.2, 0) is 13.0 Å². The number of benzene rings is 1. The second kappa shape index (κ2) is 6.20. The number of aryl methyl sites for hydroxylation is 1. The summed E-state index contributed by atoms with van der Waals surface area (Å²) in [5.41, 5.74) is 1.95. The van der Waals surface area contributed by atoms with Gasteiger partial charge in [0.1, 0.15) is 10.8 Å². The van der Waals surface area contributed by atoms with E-state index in [-0.39, 0.29) is 6.03 Å². The summed E-state index contributed by atoms with van der Waals surface area (Å²) in [5.74, 6) is 0.831. The van der Waals surface area contributed by atoms with E-state index >= 15 is 0 Å². The van der Waals surface area contributed by atoms with E-state index in [9.17, 15) is 4.79 Å². The van der Waals surface area contributed by atoms with Crippen LogP contribution in [0.5, 0.6) is 5.75 Å². The molecule has 2 aromatic rings. The molecule has 0 bridgehead atoms. The molecule has 1 aromatic heterocycles. The number of fused-ring (bicyclic) bond motifs is 1. The number of aromatic nitrogens is 1. The van der Waals surface area contributed by atoms with Crippen molar-refractivity contribution in [2.75, 3.05) is 11.9 Å². The maximum atomic E-state index is 12.7. The lowest BCUT2D eigenvalue weighted by Crippen LogP contribution is -2.36. The summed E-state index contributed by atoms with van der Waals surface area (Å²) in [5, 5.41) is 5.96. The molecule has 1 fully saturated rings. The fourth-order valence-corrected chi connectivity index (χ4v) is 3.52. The quantitative estimate of drug-likeness (QED) is 0.931. The van der Waals surface area contributed by atoms with Crippen LogP contribution in [0, 0.1) is 0 Å². The van der Waals surface area contributed by atoms with Crippen LogP contribution >= 0.6 is 11.3 Å². The van der Waals surface area contributed by atoms with Crippen LogP contribution in [0.3, 0.4) is 0 Å². The van der Waals surface area contributed by atoms with E-state index in [1.165, 1.54) is 5.56 Å². The van der Waals surface area contributed by atoms with Gasteiger partial charge in [-0.05, 0) is 37.3 Å². The van der Waals surface area contributed by atoms with Gasteiger partial charge in [-0.1, -0.05) is 12.1 Å². The van der Waals surface area contributed by atoms with Crippen molar-refractivity contribution in [3.63, 3.8) is 0 Å². The summed E-state index contributed by atoms with van der Waals surface area (Å²) in [6.07, 6.45) is 5.96. The molecule has 2 heterocycles. The van der Waals surface area contributed by atoms with Crippen LogP contribution in [0.25, 0.3) is 0 Å². The van der Waals surface area contributed by atoms with E-state index in [0.29, 0.717) is 19.2 Å². The molecule has 23 heavy (non-hydrogen) atoms. The molecule has 4 rings (SSSR count). The van der Waals surface area contributed by atoms with E-state index in [4.69, 9.17) is 4.74 Å². The molecule has 1 aliphatic heterocycles. The Bertz CT molecular complexity index is 698. The molecule has 0 saturated heterocycles.